The standard InChI is InChI=1S/C13H15BF3N3O2/c1-11(2)12(3,4)22-14(21-11)7-5-8(13(15,16)17)10-9(6-7)18-20-19-10/h5-6H,1-4H3,(H,18,19,20). The molecule has 0 spiro atoms. The summed E-state index contributed by atoms with van der Waals surface area (Å²) in [5.74, 6) is 0. The van der Waals surface area contributed by atoms with Crippen molar-refractivity contribution in [1.82, 2.24) is 15.4 Å². The second-order valence-corrected chi connectivity index (χ2v) is 6.36. The molecule has 0 unspecified atom stereocenters. The van der Waals surface area contributed by atoms with Gasteiger partial charge >= 0.3 is 13.3 Å². The Hall–Kier alpha value is -1.61. The van der Waals surface area contributed by atoms with Crippen molar-refractivity contribution >= 4 is 23.6 Å². The van der Waals surface area contributed by atoms with E-state index in [9.17, 15) is 13.2 Å². The lowest BCUT2D eigenvalue weighted by Gasteiger charge is -2.32. The molecule has 0 radical (unpaired) electrons. The molecule has 1 N–H and O–H groups in total. The van der Waals surface area contributed by atoms with Crippen LogP contribution in [0.2, 0.25) is 0 Å². The normalized spacial score (nSPS) is 20.8. The number of halogens is 3. The van der Waals surface area contributed by atoms with Crippen LogP contribution in [0.15, 0.2) is 12.1 Å². The zero-order chi connectivity index (χ0) is 16.3. The fourth-order valence-electron chi connectivity index (χ4n) is 2.31. The van der Waals surface area contributed by atoms with Gasteiger partial charge in [0, 0.05) is 0 Å². The van der Waals surface area contributed by atoms with Crippen molar-refractivity contribution in [3.8, 4) is 0 Å². The van der Waals surface area contributed by atoms with Gasteiger partial charge in [0.15, 0.2) is 0 Å². The number of nitrogens with one attached hydrogen (secondary N) is 1. The van der Waals surface area contributed by atoms with Gasteiger partial charge in [0.2, 0.25) is 0 Å². The van der Waals surface area contributed by atoms with Gasteiger partial charge in [-0.05, 0) is 45.3 Å². The number of benzene rings is 1. The first-order valence-electron chi connectivity index (χ1n) is 6.79. The maximum Gasteiger partial charge on any atom is 0.494 e. The number of alkyl halides is 3. The number of hydrogen-bond donors (Lipinski definition) is 1. The van der Waals surface area contributed by atoms with Crippen LogP contribution < -0.4 is 5.46 Å². The van der Waals surface area contributed by atoms with Crippen molar-refractivity contribution in [3.63, 3.8) is 0 Å². The minimum atomic E-state index is -4.53. The molecule has 0 bridgehead atoms. The third-order valence-corrected chi connectivity index (χ3v) is 4.28. The number of H-pyrrole nitrogens is 1. The van der Waals surface area contributed by atoms with Crippen LogP contribution in [-0.4, -0.2) is 33.7 Å². The Labute approximate surface area is 125 Å². The van der Waals surface area contributed by atoms with Gasteiger partial charge in [0.1, 0.15) is 5.52 Å². The highest BCUT2D eigenvalue weighted by Crippen LogP contribution is 2.38. The van der Waals surface area contributed by atoms with E-state index in [1.54, 1.807) is 0 Å². The Morgan fingerprint density at radius 1 is 1.09 bits per heavy atom. The molecule has 1 aromatic heterocycles. The third-order valence-electron chi connectivity index (χ3n) is 4.28. The van der Waals surface area contributed by atoms with E-state index in [0.29, 0.717) is 0 Å². The second-order valence-electron chi connectivity index (χ2n) is 6.36. The summed E-state index contributed by atoms with van der Waals surface area (Å²) in [6, 6.07) is 2.53. The molecule has 1 aliphatic rings. The molecule has 1 aliphatic heterocycles. The van der Waals surface area contributed by atoms with Crippen LogP contribution in [0.3, 0.4) is 0 Å². The van der Waals surface area contributed by atoms with Crippen molar-refractivity contribution in [3.05, 3.63) is 17.7 Å². The Kier molecular flexibility index (Phi) is 3.10. The van der Waals surface area contributed by atoms with Crippen LogP contribution in [0, 0.1) is 0 Å². The largest absolute Gasteiger partial charge is 0.494 e. The molecule has 1 fully saturated rings. The highest BCUT2D eigenvalue weighted by molar-refractivity contribution is 6.62. The van der Waals surface area contributed by atoms with E-state index >= 15 is 0 Å². The van der Waals surface area contributed by atoms with E-state index in [0.717, 1.165) is 6.07 Å². The Balaban J connectivity index is 2.10. The van der Waals surface area contributed by atoms with Gasteiger partial charge in [-0.2, -0.15) is 13.2 Å². The van der Waals surface area contributed by atoms with Gasteiger partial charge in [0.25, 0.3) is 0 Å². The van der Waals surface area contributed by atoms with Crippen LogP contribution in [-0.2, 0) is 15.5 Å². The molecule has 1 aromatic carbocycles. The highest BCUT2D eigenvalue weighted by atomic mass is 19.4. The quantitative estimate of drug-likeness (QED) is 0.821. The molecular weight excluding hydrogens is 298 g/mol. The van der Waals surface area contributed by atoms with Crippen LogP contribution in [0.5, 0.6) is 0 Å². The number of hydrogen-bond acceptors (Lipinski definition) is 4. The van der Waals surface area contributed by atoms with E-state index in [-0.39, 0.29) is 16.5 Å². The average Bonchev–Trinajstić information content (AvgIpc) is 2.89. The molecular formula is C13H15BF3N3O2. The number of nitrogens with zero attached hydrogens (tertiary/aromatic N) is 2. The lowest BCUT2D eigenvalue weighted by molar-refractivity contribution is -0.136. The summed E-state index contributed by atoms with van der Waals surface area (Å²) >= 11 is 0. The monoisotopic (exact) mass is 313 g/mol. The number of aromatic amines is 1. The minimum Gasteiger partial charge on any atom is -0.399 e. The summed E-state index contributed by atoms with van der Waals surface area (Å²) in [4.78, 5) is 0. The Morgan fingerprint density at radius 2 is 1.68 bits per heavy atom. The summed E-state index contributed by atoms with van der Waals surface area (Å²) in [6.07, 6.45) is -4.53. The van der Waals surface area contributed by atoms with E-state index in [1.807, 2.05) is 27.7 Å². The zero-order valence-corrected chi connectivity index (χ0v) is 12.6. The van der Waals surface area contributed by atoms with Gasteiger partial charge in [-0.25, -0.2) is 0 Å². The summed E-state index contributed by atoms with van der Waals surface area (Å²) in [5.41, 5.74) is -1.85. The smallest absolute Gasteiger partial charge is 0.399 e. The summed E-state index contributed by atoms with van der Waals surface area (Å²) < 4.78 is 51.2. The molecule has 0 amide bonds. The number of aromatic nitrogens is 3. The number of fused-ring (bicyclic) bond motifs is 1. The minimum absolute atomic E-state index is 0.194. The first-order chi connectivity index (χ1) is 10.0. The molecule has 2 aromatic rings. The van der Waals surface area contributed by atoms with Crippen molar-refractivity contribution in [1.29, 1.82) is 0 Å². The number of rotatable bonds is 1. The van der Waals surface area contributed by atoms with Crippen LogP contribution in [0.25, 0.3) is 11.0 Å². The molecule has 22 heavy (non-hydrogen) atoms. The predicted octanol–water partition coefficient (Wildman–Crippen LogP) is 2.28. The predicted molar refractivity (Wildman–Crippen MR) is 74.6 cm³/mol. The average molecular weight is 313 g/mol. The second kappa shape index (κ2) is 4.45. The van der Waals surface area contributed by atoms with Crippen molar-refractivity contribution in [2.75, 3.05) is 0 Å². The lowest BCUT2D eigenvalue weighted by Crippen LogP contribution is -2.41. The van der Waals surface area contributed by atoms with Crippen molar-refractivity contribution in [2.24, 2.45) is 0 Å². The SMILES string of the molecule is CC1(C)OB(c2cc(C(F)(F)F)c3nn[nH]c3c2)OC1(C)C. The maximum atomic E-state index is 13.2. The van der Waals surface area contributed by atoms with Gasteiger partial charge in [-0.15, -0.1) is 5.10 Å². The fourth-order valence-corrected chi connectivity index (χ4v) is 2.31. The van der Waals surface area contributed by atoms with Crippen LogP contribution >= 0.6 is 0 Å². The summed E-state index contributed by atoms with van der Waals surface area (Å²) in [6.45, 7) is 7.36. The zero-order valence-electron chi connectivity index (χ0n) is 12.6. The molecule has 3 rings (SSSR count). The van der Waals surface area contributed by atoms with E-state index in [2.05, 4.69) is 15.4 Å². The Morgan fingerprint density at radius 3 is 2.23 bits per heavy atom. The third kappa shape index (κ3) is 2.28. The summed E-state index contributed by atoms with van der Waals surface area (Å²) in [5, 5.41) is 9.41. The lowest BCUT2D eigenvalue weighted by atomic mass is 9.78. The van der Waals surface area contributed by atoms with E-state index in [4.69, 9.17) is 9.31 Å². The van der Waals surface area contributed by atoms with Crippen LogP contribution in [0.1, 0.15) is 33.3 Å². The fraction of sp³-hybridized carbons (Fsp3) is 0.538. The molecule has 1 saturated heterocycles. The van der Waals surface area contributed by atoms with Gasteiger partial charge in [-0.3, -0.25) is 5.10 Å². The first kappa shape index (κ1) is 15.3. The summed E-state index contributed by atoms with van der Waals surface area (Å²) in [7, 11) is -0.876. The first-order valence-corrected chi connectivity index (χ1v) is 6.79. The van der Waals surface area contributed by atoms with Crippen molar-refractivity contribution in [2.45, 2.75) is 45.1 Å². The van der Waals surface area contributed by atoms with Gasteiger partial charge < -0.3 is 9.31 Å². The molecule has 5 nitrogen and oxygen atoms in total. The van der Waals surface area contributed by atoms with Gasteiger partial charge in [0.05, 0.1) is 22.3 Å². The maximum absolute atomic E-state index is 13.2. The van der Waals surface area contributed by atoms with E-state index in [1.165, 1.54) is 6.07 Å². The molecule has 0 aliphatic carbocycles. The molecule has 0 saturated carbocycles. The topological polar surface area (TPSA) is 60.0 Å². The van der Waals surface area contributed by atoms with Crippen LogP contribution in [0.4, 0.5) is 13.2 Å². The van der Waals surface area contributed by atoms with Crippen molar-refractivity contribution < 1.29 is 22.5 Å². The molecule has 118 valence electrons. The highest BCUT2D eigenvalue weighted by Gasteiger charge is 2.52. The van der Waals surface area contributed by atoms with Gasteiger partial charge in [-0.1, -0.05) is 5.21 Å². The molecule has 9 heteroatoms. The van der Waals surface area contributed by atoms with E-state index < -0.39 is 30.1 Å². The molecule has 0 atom stereocenters. The molecule has 2 heterocycles. The Bertz CT molecular complexity index is 711.